The lowest BCUT2D eigenvalue weighted by Crippen LogP contribution is -2.43. The second-order valence-corrected chi connectivity index (χ2v) is 4.05. The minimum atomic E-state index is -0.363. The SMILES string of the molecule is COC(=O)CC1CN(c2ccc(F)cn2)CCO1. The molecular weight excluding hydrogens is 239 g/mol. The van der Waals surface area contributed by atoms with Gasteiger partial charge >= 0.3 is 5.97 Å². The van der Waals surface area contributed by atoms with Crippen LogP contribution in [0.1, 0.15) is 6.42 Å². The first-order valence-electron chi connectivity index (χ1n) is 5.74. The Bertz CT molecular complexity index is 410. The molecule has 1 unspecified atom stereocenters. The third kappa shape index (κ3) is 3.16. The van der Waals surface area contributed by atoms with E-state index in [-0.39, 0.29) is 24.3 Å². The van der Waals surface area contributed by atoms with Gasteiger partial charge in [0.2, 0.25) is 0 Å². The van der Waals surface area contributed by atoms with Crippen LogP contribution in [0.25, 0.3) is 0 Å². The van der Waals surface area contributed by atoms with Crippen LogP contribution in [-0.2, 0) is 14.3 Å². The Morgan fingerprint density at radius 3 is 3.17 bits per heavy atom. The zero-order valence-corrected chi connectivity index (χ0v) is 10.1. The Morgan fingerprint density at radius 2 is 2.50 bits per heavy atom. The van der Waals surface area contributed by atoms with Crippen LogP contribution in [0.4, 0.5) is 10.2 Å². The molecule has 0 saturated carbocycles. The summed E-state index contributed by atoms with van der Waals surface area (Å²) in [6.07, 6.45) is 1.19. The van der Waals surface area contributed by atoms with Crippen LogP contribution < -0.4 is 4.90 Å². The van der Waals surface area contributed by atoms with Gasteiger partial charge in [-0.25, -0.2) is 9.37 Å². The number of rotatable bonds is 3. The van der Waals surface area contributed by atoms with Crippen molar-refractivity contribution in [2.24, 2.45) is 0 Å². The van der Waals surface area contributed by atoms with Gasteiger partial charge in [-0.05, 0) is 12.1 Å². The zero-order chi connectivity index (χ0) is 13.0. The Kier molecular flexibility index (Phi) is 4.09. The molecule has 1 aliphatic rings. The molecule has 5 nitrogen and oxygen atoms in total. The van der Waals surface area contributed by atoms with Crippen molar-refractivity contribution >= 4 is 11.8 Å². The van der Waals surface area contributed by atoms with Crippen LogP contribution in [0.3, 0.4) is 0 Å². The van der Waals surface area contributed by atoms with Gasteiger partial charge in [-0.15, -0.1) is 0 Å². The van der Waals surface area contributed by atoms with Crippen LogP contribution in [0.5, 0.6) is 0 Å². The number of anilines is 1. The van der Waals surface area contributed by atoms with E-state index in [4.69, 9.17) is 4.74 Å². The van der Waals surface area contributed by atoms with Crippen molar-refractivity contribution in [1.29, 1.82) is 0 Å². The van der Waals surface area contributed by atoms with Crippen LogP contribution in [0, 0.1) is 5.82 Å². The van der Waals surface area contributed by atoms with Crippen molar-refractivity contribution in [3.63, 3.8) is 0 Å². The highest BCUT2D eigenvalue weighted by atomic mass is 19.1. The standard InChI is InChI=1S/C12H15FN2O3/c1-17-12(16)6-10-8-15(4-5-18-10)11-3-2-9(13)7-14-11/h2-3,7,10H,4-6,8H2,1H3. The van der Waals surface area contributed by atoms with E-state index in [1.807, 2.05) is 4.90 Å². The van der Waals surface area contributed by atoms with Gasteiger partial charge in [0.15, 0.2) is 0 Å². The summed E-state index contributed by atoms with van der Waals surface area (Å²) in [6.45, 7) is 1.74. The molecule has 1 atom stereocenters. The van der Waals surface area contributed by atoms with E-state index in [9.17, 15) is 9.18 Å². The summed E-state index contributed by atoms with van der Waals surface area (Å²) in [5.41, 5.74) is 0. The van der Waals surface area contributed by atoms with E-state index in [1.54, 1.807) is 6.07 Å². The van der Waals surface area contributed by atoms with Crippen LogP contribution in [0.15, 0.2) is 18.3 Å². The maximum absolute atomic E-state index is 12.8. The summed E-state index contributed by atoms with van der Waals surface area (Å²) < 4.78 is 22.9. The highest BCUT2D eigenvalue weighted by molar-refractivity contribution is 5.69. The number of morpholine rings is 1. The fraction of sp³-hybridized carbons (Fsp3) is 0.500. The molecule has 98 valence electrons. The summed E-state index contributed by atoms with van der Waals surface area (Å²) in [6, 6.07) is 2.99. The van der Waals surface area contributed by atoms with Gasteiger partial charge in [0.25, 0.3) is 0 Å². The lowest BCUT2D eigenvalue weighted by Gasteiger charge is -2.33. The van der Waals surface area contributed by atoms with Crippen LogP contribution >= 0.6 is 0 Å². The van der Waals surface area contributed by atoms with Gasteiger partial charge < -0.3 is 14.4 Å². The second kappa shape index (κ2) is 5.77. The Labute approximate surface area is 105 Å². The van der Waals surface area contributed by atoms with Gasteiger partial charge in [-0.1, -0.05) is 0 Å². The summed E-state index contributed by atoms with van der Waals surface area (Å²) in [7, 11) is 1.35. The molecule has 0 spiro atoms. The summed E-state index contributed by atoms with van der Waals surface area (Å²) in [5.74, 6) is 0.0293. The molecule has 1 aliphatic heterocycles. The molecule has 0 radical (unpaired) electrons. The highest BCUT2D eigenvalue weighted by Gasteiger charge is 2.23. The number of ether oxygens (including phenoxy) is 2. The zero-order valence-electron chi connectivity index (χ0n) is 10.1. The van der Waals surface area contributed by atoms with Gasteiger partial charge in [0.05, 0.1) is 32.4 Å². The maximum atomic E-state index is 12.8. The molecule has 6 heteroatoms. The number of carbonyl (C=O) groups excluding carboxylic acids is 1. The maximum Gasteiger partial charge on any atom is 0.308 e. The topological polar surface area (TPSA) is 51.7 Å². The third-order valence-electron chi connectivity index (χ3n) is 2.80. The molecule has 2 heterocycles. The van der Waals surface area contributed by atoms with E-state index in [2.05, 4.69) is 9.72 Å². The molecule has 0 bridgehead atoms. The third-order valence-corrected chi connectivity index (χ3v) is 2.80. The van der Waals surface area contributed by atoms with Gasteiger partial charge in [-0.2, -0.15) is 0 Å². The first kappa shape index (κ1) is 12.8. The number of aromatic nitrogens is 1. The first-order valence-corrected chi connectivity index (χ1v) is 5.74. The van der Waals surface area contributed by atoms with Crippen molar-refractivity contribution in [3.8, 4) is 0 Å². The molecule has 0 N–H and O–H groups in total. The van der Waals surface area contributed by atoms with Crippen molar-refractivity contribution in [2.75, 3.05) is 31.7 Å². The molecule has 0 aromatic carbocycles. The number of methoxy groups -OCH3 is 1. The fourth-order valence-corrected chi connectivity index (χ4v) is 1.88. The summed E-state index contributed by atoms with van der Waals surface area (Å²) >= 11 is 0. The molecule has 2 rings (SSSR count). The minimum absolute atomic E-state index is 0.210. The summed E-state index contributed by atoms with van der Waals surface area (Å²) in [5, 5.41) is 0. The van der Waals surface area contributed by atoms with E-state index >= 15 is 0 Å². The Morgan fingerprint density at radius 1 is 1.67 bits per heavy atom. The molecule has 18 heavy (non-hydrogen) atoms. The Hall–Kier alpha value is -1.69. The number of nitrogens with zero attached hydrogens (tertiary/aromatic N) is 2. The summed E-state index contributed by atoms with van der Waals surface area (Å²) in [4.78, 5) is 17.2. The number of carbonyl (C=O) groups is 1. The van der Waals surface area contributed by atoms with Crippen molar-refractivity contribution in [1.82, 2.24) is 4.98 Å². The van der Waals surface area contributed by atoms with Crippen molar-refractivity contribution in [2.45, 2.75) is 12.5 Å². The van der Waals surface area contributed by atoms with Gasteiger partial charge in [0, 0.05) is 13.1 Å². The molecule has 1 aromatic rings. The molecular formula is C12H15FN2O3. The van der Waals surface area contributed by atoms with Crippen molar-refractivity contribution in [3.05, 3.63) is 24.1 Å². The predicted molar refractivity (Wildman–Crippen MR) is 62.8 cm³/mol. The average Bonchev–Trinajstić information content (AvgIpc) is 2.40. The number of hydrogen-bond donors (Lipinski definition) is 0. The van der Waals surface area contributed by atoms with Crippen LogP contribution in [0.2, 0.25) is 0 Å². The van der Waals surface area contributed by atoms with Crippen molar-refractivity contribution < 1.29 is 18.7 Å². The fourth-order valence-electron chi connectivity index (χ4n) is 1.88. The second-order valence-electron chi connectivity index (χ2n) is 4.05. The normalized spacial score (nSPS) is 19.7. The Balaban J connectivity index is 1.98. The molecule has 1 fully saturated rings. The lowest BCUT2D eigenvalue weighted by atomic mass is 10.2. The monoisotopic (exact) mass is 254 g/mol. The van der Waals surface area contributed by atoms with E-state index in [0.717, 1.165) is 0 Å². The minimum Gasteiger partial charge on any atom is -0.469 e. The quantitative estimate of drug-likeness (QED) is 0.753. The average molecular weight is 254 g/mol. The molecule has 1 saturated heterocycles. The molecule has 0 aliphatic carbocycles. The van der Waals surface area contributed by atoms with E-state index < -0.39 is 0 Å². The number of hydrogen-bond acceptors (Lipinski definition) is 5. The number of pyridine rings is 1. The molecule has 1 aromatic heterocycles. The van der Waals surface area contributed by atoms with Gasteiger partial charge in [-0.3, -0.25) is 4.79 Å². The van der Waals surface area contributed by atoms with E-state index in [1.165, 1.54) is 19.4 Å². The number of esters is 1. The predicted octanol–water partition coefficient (Wildman–Crippen LogP) is 0.989. The van der Waals surface area contributed by atoms with E-state index in [0.29, 0.717) is 25.5 Å². The smallest absolute Gasteiger partial charge is 0.308 e. The number of halogens is 1. The highest BCUT2D eigenvalue weighted by Crippen LogP contribution is 2.16. The molecule has 0 amide bonds. The largest absolute Gasteiger partial charge is 0.469 e. The first-order chi connectivity index (χ1) is 8.69. The van der Waals surface area contributed by atoms with Gasteiger partial charge in [0.1, 0.15) is 11.6 Å². The lowest BCUT2D eigenvalue weighted by molar-refractivity contribution is -0.144. The van der Waals surface area contributed by atoms with Crippen LogP contribution in [-0.4, -0.2) is 43.9 Å².